The highest BCUT2D eigenvalue weighted by molar-refractivity contribution is 14.0. The predicted molar refractivity (Wildman–Crippen MR) is 116 cm³/mol. The van der Waals surface area contributed by atoms with Crippen LogP contribution in [-0.2, 0) is 6.54 Å². The van der Waals surface area contributed by atoms with Gasteiger partial charge in [-0.15, -0.1) is 24.0 Å². The Labute approximate surface area is 172 Å². The SMILES string of the molecule is CN=C(NCCn1ccnc1)N1CCN(c2ccc(OC)cc2)CC1.I. The van der Waals surface area contributed by atoms with Gasteiger partial charge in [-0.25, -0.2) is 4.98 Å². The van der Waals surface area contributed by atoms with E-state index in [1.165, 1.54) is 5.69 Å². The second kappa shape index (κ2) is 10.2. The van der Waals surface area contributed by atoms with Gasteiger partial charge in [-0.3, -0.25) is 4.99 Å². The van der Waals surface area contributed by atoms with Crippen LogP contribution >= 0.6 is 24.0 Å². The third-order valence-electron chi connectivity index (χ3n) is 4.44. The number of hydrogen-bond donors (Lipinski definition) is 1. The lowest BCUT2D eigenvalue weighted by Gasteiger charge is -2.37. The number of rotatable bonds is 5. The van der Waals surface area contributed by atoms with Crippen molar-refractivity contribution in [2.45, 2.75) is 6.54 Å². The number of hydrogen-bond acceptors (Lipinski definition) is 4. The molecule has 3 rings (SSSR count). The predicted octanol–water partition coefficient (Wildman–Crippen LogP) is 1.91. The van der Waals surface area contributed by atoms with E-state index >= 15 is 0 Å². The highest BCUT2D eigenvalue weighted by atomic mass is 127. The van der Waals surface area contributed by atoms with Crippen LogP contribution in [0.1, 0.15) is 0 Å². The third kappa shape index (κ3) is 5.26. The van der Waals surface area contributed by atoms with Crippen molar-refractivity contribution < 1.29 is 4.74 Å². The molecule has 0 unspecified atom stereocenters. The van der Waals surface area contributed by atoms with Gasteiger partial charge in [0.15, 0.2) is 5.96 Å². The van der Waals surface area contributed by atoms with Crippen molar-refractivity contribution in [2.24, 2.45) is 4.99 Å². The first-order valence-electron chi connectivity index (χ1n) is 8.60. The maximum atomic E-state index is 5.23. The van der Waals surface area contributed by atoms with Crippen LogP contribution < -0.4 is 15.0 Å². The van der Waals surface area contributed by atoms with Crippen LogP contribution in [0.3, 0.4) is 0 Å². The molecule has 0 aliphatic carbocycles. The molecule has 1 saturated heterocycles. The number of halogens is 1. The highest BCUT2D eigenvalue weighted by Gasteiger charge is 2.19. The lowest BCUT2D eigenvalue weighted by atomic mass is 10.2. The average molecular weight is 470 g/mol. The Balaban J connectivity index is 0.00000243. The van der Waals surface area contributed by atoms with Crippen molar-refractivity contribution in [2.75, 3.05) is 51.8 Å². The number of aliphatic imine (C=N–C) groups is 1. The number of nitrogens with zero attached hydrogens (tertiary/aromatic N) is 5. The molecule has 0 spiro atoms. The topological polar surface area (TPSA) is 57.9 Å². The van der Waals surface area contributed by atoms with Crippen LogP contribution in [0.25, 0.3) is 0 Å². The minimum atomic E-state index is 0. The fourth-order valence-corrected chi connectivity index (χ4v) is 3.02. The Bertz CT molecular complexity index is 665. The van der Waals surface area contributed by atoms with Crippen LogP contribution in [0.15, 0.2) is 48.0 Å². The van der Waals surface area contributed by atoms with E-state index in [2.05, 4.69) is 41.8 Å². The summed E-state index contributed by atoms with van der Waals surface area (Å²) in [6.07, 6.45) is 5.60. The van der Waals surface area contributed by atoms with E-state index < -0.39 is 0 Å². The molecule has 1 fully saturated rings. The van der Waals surface area contributed by atoms with Crippen molar-refractivity contribution in [3.8, 4) is 5.75 Å². The summed E-state index contributed by atoms with van der Waals surface area (Å²) in [4.78, 5) is 13.2. The van der Waals surface area contributed by atoms with E-state index in [9.17, 15) is 0 Å². The molecule has 1 aromatic heterocycles. The quantitative estimate of drug-likeness (QED) is 0.411. The van der Waals surface area contributed by atoms with Crippen molar-refractivity contribution in [1.82, 2.24) is 19.8 Å². The van der Waals surface area contributed by atoms with Gasteiger partial charge in [0, 0.05) is 64.4 Å². The van der Waals surface area contributed by atoms with Gasteiger partial charge >= 0.3 is 0 Å². The fraction of sp³-hybridized carbons (Fsp3) is 0.444. The van der Waals surface area contributed by atoms with Gasteiger partial charge in [0.2, 0.25) is 0 Å². The Morgan fingerprint density at radius 3 is 2.50 bits per heavy atom. The molecule has 2 heterocycles. The van der Waals surface area contributed by atoms with E-state index in [4.69, 9.17) is 4.74 Å². The molecule has 0 amide bonds. The third-order valence-corrected chi connectivity index (χ3v) is 4.44. The van der Waals surface area contributed by atoms with Gasteiger partial charge in [0.1, 0.15) is 5.75 Å². The molecule has 0 saturated carbocycles. The lowest BCUT2D eigenvalue weighted by Crippen LogP contribution is -2.52. The fourth-order valence-electron chi connectivity index (χ4n) is 3.02. The summed E-state index contributed by atoms with van der Waals surface area (Å²) in [7, 11) is 3.54. The van der Waals surface area contributed by atoms with Crippen molar-refractivity contribution in [1.29, 1.82) is 0 Å². The molecule has 0 radical (unpaired) electrons. The zero-order valence-corrected chi connectivity index (χ0v) is 17.7. The second-order valence-corrected chi connectivity index (χ2v) is 5.95. The average Bonchev–Trinajstić information content (AvgIpc) is 3.19. The molecule has 7 nitrogen and oxygen atoms in total. The molecule has 2 aromatic rings. The molecule has 8 heteroatoms. The largest absolute Gasteiger partial charge is 0.497 e. The molecule has 1 N–H and O–H groups in total. The minimum Gasteiger partial charge on any atom is -0.497 e. The molecule has 1 aliphatic rings. The van der Waals surface area contributed by atoms with Crippen LogP contribution in [0.2, 0.25) is 0 Å². The summed E-state index contributed by atoms with van der Waals surface area (Å²) in [5.74, 6) is 1.86. The smallest absolute Gasteiger partial charge is 0.193 e. The molecule has 142 valence electrons. The summed E-state index contributed by atoms with van der Waals surface area (Å²) in [6.45, 7) is 5.59. The van der Waals surface area contributed by atoms with Gasteiger partial charge < -0.3 is 24.4 Å². The van der Waals surface area contributed by atoms with Crippen molar-refractivity contribution in [3.63, 3.8) is 0 Å². The summed E-state index contributed by atoms with van der Waals surface area (Å²) >= 11 is 0. The summed E-state index contributed by atoms with van der Waals surface area (Å²) in [6, 6.07) is 8.26. The van der Waals surface area contributed by atoms with Gasteiger partial charge in [0.25, 0.3) is 0 Å². The van der Waals surface area contributed by atoms with Crippen LogP contribution in [0, 0.1) is 0 Å². The molecule has 26 heavy (non-hydrogen) atoms. The van der Waals surface area contributed by atoms with Crippen molar-refractivity contribution >= 4 is 35.6 Å². The van der Waals surface area contributed by atoms with Crippen LogP contribution in [0.5, 0.6) is 5.75 Å². The first-order chi connectivity index (χ1) is 12.3. The van der Waals surface area contributed by atoms with Crippen LogP contribution in [0.4, 0.5) is 5.69 Å². The Morgan fingerprint density at radius 2 is 1.92 bits per heavy atom. The number of imidazole rings is 1. The van der Waals surface area contributed by atoms with Gasteiger partial charge in [-0.2, -0.15) is 0 Å². The Morgan fingerprint density at radius 1 is 1.19 bits per heavy atom. The number of benzene rings is 1. The zero-order valence-electron chi connectivity index (χ0n) is 15.3. The van der Waals surface area contributed by atoms with E-state index in [1.54, 1.807) is 13.3 Å². The standard InChI is InChI=1S/C18H26N6O.HI/c1-19-18(21-8-10-22-9-7-20-15-22)24-13-11-23(12-14-24)16-3-5-17(25-2)6-4-16;/h3-7,9,15H,8,10-14H2,1-2H3,(H,19,21);1H. The normalized spacial score (nSPS) is 14.8. The number of ether oxygens (including phenoxy) is 1. The van der Waals surface area contributed by atoms with E-state index in [-0.39, 0.29) is 24.0 Å². The summed E-state index contributed by atoms with van der Waals surface area (Å²) in [5.41, 5.74) is 1.24. The van der Waals surface area contributed by atoms with E-state index in [1.807, 2.05) is 31.7 Å². The highest BCUT2D eigenvalue weighted by Crippen LogP contribution is 2.20. The molecular formula is C18H27IN6O. The van der Waals surface area contributed by atoms with Gasteiger partial charge in [-0.1, -0.05) is 0 Å². The van der Waals surface area contributed by atoms with Crippen molar-refractivity contribution in [3.05, 3.63) is 43.0 Å². The molecule has 0 atom stereocenters. The minimum absolute atomic E-state index is 0. The first kappa shape index (κ1) is 20.3. The summed E-state index contributed by atoms with van der Waals surface area (Å²) in [5, 5.41) is 3.44. The van der Waals surface area contributed by atoms with E-state index in [0.29, 0.717) is 0 Å². The molecule has 1 aromatic carbocycles. The maximum absolute atomic E-state index is 5.23. The number of nitrogens with one attached hydrogen (secondary N) is 1. The van der Waals surface area contributed by atoms with E-state index in [0.717, 1.165) is 51.0 Å². The monoisotopic (exact) mass is 470 g/mol. The lowest BCUT2D eigenvalue weighted by molar-refractivity contribution is 0.371. The number of guanidine groups is 1. The molecule has 0 bridgehead atoms. The molecule has 1 aliphatic heterocycles. The van der Waals surface area contributed by atoms with Gasteiger partial charge in [-0.05, 0) is 24.3 Å². The second-order valence-electron chi connectivity index (χ2n) is 5.95. The summed E-state index contributed by atoms with van der Waals surface area (Å²) < 4.78 is 7.28. The Kier molecular flexibility index (Phi) is 8.02. The number of piperazine rings is 1. The number of aromatic nitrogens is 2. The van der Waals surface area contributed by atoms with Gasteiger partial charge in [0.05, 0.1) is 13.4 Å². The maximum Gasteiger partial charge on any atom is 0.193 e. The number of anilines is 1. The Hall–Kier alpha value is -1.97. The zero-order chi connectivity index (χ0) is 17.5. The molecular weight excluding hydrogens is 443 g/mol. The number of methoxy groups -OCH3 is 1. The first-order valence-corrected chi connectivity index (χ1v) is 8.60. The van der Waals surface area contributed by atoms with Crippen LogP contribution in [-0.4, -0.2) is 67.3 Å².